The number of benzene rings is 8. The van der Waals surface area contributed by atoms with Gasteiger partial charge in [-0.3, -0.25) is 0 Å². The molecule has 0 amide bonds. The summed E-state index contributed by atoms with van der Waals surface area (Å²) in [6, 6.07) is 59.7. The average Bonchev–Trinajstić information content (AvgIpc) is 4.08. The van der Waals surface area contributed by atoms with Crippen LogP contribution in [0.3, 0.4) is 0 Å². The highest BCUT2D eigenvalue weighted by molar-refractivity contribution is 7.01. The zero-order chi connectivity index (χ0) is 56.7. The summed E-state index contributed by atoms with van der Waals surface area (Å²) in [6.45, 7) is 46.8. The van der Waals surface area contributed by atoms with Crippen LogP contribution in [0.4, 0.5) is 0 Å². The molecular formula is C75H81BN2Si2. The maximum Gasteiger partial charge on any atom is 0.252 e. The van der Waals surface area contributed by atoms with E-state index < -0.39 is 21.6 Å². The standard InChI is InChI=1S/C75H81BN2Si2/c1-70(2,3)46-32-28-44(29-33-46)63-55-38-48(72(7,8)9)39-60-68(55)77(65(63)45-30-34-47(35-31-45)71(4,5)6)62-37-36-58-69-64(62)76(60)61-43-50(80(18,19)74(13,14)15)41-54-53-40-49(79(16,17)73(10,11)12)42-59(66(53)78(69)67(54)61)75(58)56-26-22-20-24-51(56)52-25-21-23-27-57(52)75/h20-43H,1-19H3. The molecule has 0 saturated carbocycles. The minimum absolute atomic E-state index is 0.0197. The van der Waals surface area contributed by atoms with Crippen LogP contribution in [0.1, 0.15) is 143 Å². The lowest BCUT2D eigenvalue weighted by Gasteiger charge is -2.45. The number of fused-ring (bicyclic) bond motifs is 11. The number of hydrogen-bond donors (Lipinski definition) is 0. The van der Waals surface area contributed by atoms with Crippen LogP contribution in [-0.2, 0) is 21.7 Å². The molecule has 2 aromatic heterocycles. The van der Waals surface area contributed by atoms with Gasteiger partial charge in [0.15, 0.2) is 0 Å². The maximum absolute atomic E-state index is 2.85. The molecular weight excluding hydrogens is 996 g/mol. The van der Waals surface area contributed by atoms with E-state index in [2.05, 4.69) is 285 Å². The normalized spacial score (nSPS) is 15.3. The zero-order valence-corrected chi connectivity index (χ0v) is 53.3. The molecule has 8 aromatic carbocycles. The second kappa shape index (κ2) is 16.0. The van der Waals surface area contributed by atoms with Crippen molar-refractivity contribution in [3.8, 4) is 44.9 Å². The number of rotatable bonds is 4. The summed E-state index contributed by atoms with van der Waals surface area (Å²) in [5, 5.41) is 7.56. The highest BCUT2D eigenvalue weighted by Crippen LogP contribution is 2.62. The predicted molar refractivity (Wildman–Crippen MR) is 354 cm³/mol. The van der Waals surface area contributed by atoms with Crippen molar-refractivity contribution in [3.63, 3.8) is 0 Å². The van der Waals surface area contributed by atoms with E-state index in [1.54, 1.807) is 10.4 Å². The minimum Gasteiger partial charge on any atom is -0.310 e. The van der Waals surface area contributed by atoms with Gasteiger partial charge in [0.05, 0.1) is 32.8 Å². The van der Waals surface area contributed by atoms with E-state index in [1.807, 2.05) is 0 Å². The molecule has 0 bridgehead atoms. The van der Waals surface area contributed by atoms with E-state index in [4.69, 9.17) is 0 Å². The SMILES string of the molecule is CC(C)(C)c1ccc(-c2c(-c3ccc(C(C)(C)C)cc3)n3c4c(cc(C(C)(C)C)cc24)B2c4c-3ccc3c4-n4c5c2cc([Si](C)(C)C(C)(C)C)cc5c2cc([Si](C)(C)C(C)(C)C)cc(c24)C32c3ccccc3-c3ccccc32)cc1. The highest BCUT2D eigenvalue weighted by atomic mass is 28.3. The molecule has 0 atom stereocenters. The Hall–Kier alpha value is -6.40. The molecule has 0 unspecified atom stereocenters. The van der Waals surface area contributed by atoms with E-state index >= 15 is 0 Å². The first-order chi connectivity index (χ1) is 37.4. The summed E-state index contributed by atoms with van der Waals surface area (Å²) in [7, 11) is -4.28. The smallest absolute Gasteiger partial charge is 0.252 e. The van der Waals surface area contributed by atoms with Crippen molar-refractivity contribution in [3.05, 3.63) is 185 Å². The van der Waals surface area contributed by atoms with Gasteiger partial charge in [-0.25, -0.2) is 0 Å². The first-order valence-corrected chi connectivity index (χ1v) is 35.9. The van der Waals surface area contributed by atoms with Crippen molar-refractivity contribution < 1.29 is 0 Å². The Balaban J connectivity index is 1.24. The fraction of sp³-hybridized carbons (Fsp3) is 0.333. The van der Waals surface area contributed by atoms with Crippen LogP contribution in [0.15, 0.2) is 146 Å². The topological polar surface area (TPSA) is 9.86 Å². The summed E-state index contributed by atoms with van der Waals surface area (Å²) >= 11 is 0. The van der Waals surface area contributed by atoms with E-state index in [0.29, 0.717) is 0 Å². The van der Waals surface area contributed by atoms with E-state index in [9.17, 15) is 0 Å². The molecule has 1 aliphatic carbocycles. The van der Waals surface area contributed by atoms with Crippen molar-refractivity contribution in [2.75, 3.05) is 0 Å². The Bertz CT molecular complexity index is 4300. The largest absolute Gasteiger partial charge is 0.310 e. The van der Waals surface area contributed by atoms with Crippen molar-refractivity contribution in [1.29, 1.82) is 0 Å². The summed E-state index contributed by atoms with van der Waals surface area (Å²) < 4.78 is 5.62. The van der Waals surface area contributed by atoms with Crippen molar-refractivity contribution in [2.24, 2.45) is 0 Å². The highest BCUT2D eigenvalue weighted by Gasteiger charge is 2.56. The van der Waals surface area contributed by atoms with Gasteiger partial charge in [0.2, 0.25) is 0 Å². The lowest BCUT2D eigenvalue weighted by atomic mass is 9.33. The minimum atomic E-state index is -2.15. The van der Waals surface area contributed by atoms with Gasteiger partial charge in [-0.1, -0.05) is 274 Å². The lowest BCUT2D eigenvalue weighted by Crippen LogP contribution is -2.62. The fourth-order valence-corrected chi connectivity index (χ4v) is 18.6. The Morgan fingerprint density at radius 3 is 1.40 bits per heavy atom. The van der Waals surface area contributed by atoms with Gasteiger partial charge in [0.25, 0.3) is 6.71 Å². The molecule has 0 saturated heterocycles. The molecule has 14 rings (SSSR count). The van der Waals surface area contributed by atoms with Crippen LogP contribution in [0.2, 0.25) is 36.3 Å². The number of nitrogens with zero attached hydrogens (tertiary/aromatic N) is 2. The van der Waals surface area contributed by atoms with E-state index in [0.717, 1.165) is 0 Å². The van der Waals surface area contributed by atoms with Crippen molar-refractivity contribution >= 4 is 82.3 Å². The Morgan fingerprint density at radius 2 is 0.875 bits per heavy atom. The Labute approximate surface area is 479 Å². The summed E-state index contributed by atoms with van der Waals surface area (Å²) in [4.78, 5) is 0. The van der Waals surface area contributed by atoms with Gasteiger partial charge < -0.3 is 9.13 Å². The van der Waals surface area contributed by atoms with Crippen LogP contribution >= 0.6 is 0 Å². The number of hydrogen-bond acceptors (Lipinski definition) is 0. The summed E-state index contributed by atoms with van der Waals surface area (Å²) in [5.41, 5.74) is 28.1. The molecule has 2 nitrogen and oxygen atoms in total. The second-order valence-electron chi connectivity index (χ2n) is 31.1. The molecule has 5 heterocycles. The Morgan fingerprint density at radius 1 is 0.400 bits per heavy atom. The summed E-state index contributed by atoms with van der Waals surface area (Å²) in [5.74, 6) is 0. The van der Waals surface area contributed by atoms with E-state index in [1.165, 1.54) is 133 Å². The molecule has 0 radical (unpaired) electrons. The quantitative estimate of drug-likeness (QED) is 0.155. The average molecular weight is 1080 g/mol. The molecule has 80 heavy (non-hydrogen) atoms. The molecule has 0 N–H and O–H groups in total. The van der Waals surface area contributed by atoms with Crippen LogP contribution in [0.25, 0.3) is 77.6 Å². The molecule has 402 valence electrons. The van der Waals surface area contributed by atoms with Crippen LogP contribution in [-0.4, -0.2) is 32.0 Å². The third-order valence-electron chi connectivity index (χ3n) is 21.5. The van der Waals surface area contributed by atoms with Crippen molar-refractivity contribution in [1.82, 2.24) is 9.13 Å². The third kappa shape index (κ3) is 6.60. The van der Waals surface area contributed by atoms with Gasteiger partial charge in [-0.2, -0.15) is 0 Å². The van der Waals surface area contributed by atoms with Gasteiger partial charge in [0, 0.05) is 44.1 Å². The van der Waals surface area contributed by atoms with Crippen molar-refractivity contribution in [2.45, 2.75) is 162 Å². The van der Waals surface area contributed by atoms with Gasteiger partial charge in [-0.05, 0) is 116 Å². The zero-order valence-electron chi connectivity index (χ0n) is 51.3. The molecule has 3 aliphatic heterocycles. The van der Waals surface area contributed by atoms with Gasteiger partial charge in [-0.15, -0.1) is 0 Å². The second-order valence-corrected chi connectivity index (χ2v) is 41.7. The monoisotopic (exact) mass is 1080 g/mol. The van der Waals surface area contributed by atoms with Gasteiger partial charge in [0.1, 0.15) is 0 Å². The molecule has 1 spiro atoms. The van der Waals surface area contributed by atoms with Crippen LogP contribution < -0.4 is 26.8 Å². The third-order valence-corrected chi connectivity index (χ3v) is 32.5. The number of aromatic nitrogens is 2. The fourth-order valence-electron chi connectivity index (χ4n) is 14.9. The lowest BCUT2D eigenvalue weighted by molar-refractivity contribution is 0.590. The van der Waals surface area contributed by atoms with Gasteiger partial charge >= 0.3 is 0 Å². The molecule has 5 heteroatoms. The predicted octanol–water partition coefficient (Wildman–Crippen LogP) is 17.2. The summed E-state index contributed by atoms with van der Waals surface area (Å²) in [6.07, 6.45) is 0. The van der Waals surface area contributed by atoms with E-state index in [-0.39, 0.29) is 33.0 Å². The maximum atomic E-state index is 2.85. The molecule has 10 aromatic rings. The Kier molecular flexibility index (Phi) is 10.3. The van der Waals surface area contributed by atoms with Crippen LogP contribution in [0.5, 0.6) is 0 Å². The molecule has 0 fully saturated rings. The first-order valence-electron chi connectivity index (χ1n) is 29.9. The molecule has 4 aliphatic rings. The first kappa shape index (κ1) is 51.7. The van der Waals surface area contributed by atoms with Crippen LogP contribution in [0, 0.1) is 0 Å².